The Morgan fingerprint density at radius 1 is 0.867 bits per heavy atom. The molecule has 0 N–H and O–H groups in total. The smallest absolute Gasteiger partial charge is 0.142 e. The van der Waals surface area contributed by atoms with Crippen molar-refractivity contribution in [2.24, 2.45) is 0 Å². The fourth-order valence-corrected chi connectivity index (χ4v) is 1.28. The van der Waals surface area contributed by atoms with Gasteiger partial charge in [-0.05, 0) is 18.2 Å². The van der Waals surface area contributed by atoms with E-state index in [1.165, 1.54) is 12.3 Å². The molecule has 1 aromatic heterocycles. The Labute approximate surface area is 84.2 Å². The van der Waals surface area contributed by atoms with Gasteiger partial charge >= 0.3 is 0 Å². The fourth-order valence-electron chi connectivity index (χ4n) is 1.28. The van der Waals surface area contributed by atoms with Crippen LogP contribution in [0.3, 0.4) is 0 Å². The highest BCUT2D eigenvalue weighted by atomic mass is 19.1. The predicted molar refractivity (Wildman–Crippen MR) is 49.5 cm³/mol. The van der Waals surface area contributed by atoms with Gasteiger partial charge in [0.2, 0.25) is 0 Å². The summed E-state index contributed by atoms with van der Waals surface area (Å²) in [6, 6.07) is 4.26. The third kappa shape index (κ3) is 1.98. The van der Waals surface area contributed by atoms with E-state index < -0.39 is 17.5 Å². The van der Waals surface area contributed by atoms with E-state index in [4.69, 9.17) is 0 Å². The van der Waals surface area contributed by atoms with Gasteiger partial charge in [0.05, 0.1) is 6.20 Å². The van der Waals surface area contributed by atoms with Gasteiger partial charge in [-0.1, -0.05) is 0 Å². The number of rotatable bonds is 1. The standard InChI is InChI=1S/C11H6F3N/c12-8-1-2-10(11(14)4-8)7-3-9(13)6-15-5-7/h1-6H. The average molecular weight is 209 g/mol. The van der Waals surface area contributed by atoms with E-state index in [1.54, 1.807) is 0 Å². The van der Waals surface area contributed by atoms with Gasteiger partial charge in [-0.2, -0.15) is 0 Å². The van der Waals surface area contributed by atoms with Gasteiger partial charge < -0.3 is 0 Å². The van der Waals surface area contributed by atoms with Gasteiger partial charge in [0, 0.05) is 23.4 Å². The summed E-state index contributed by atoms with van der Waals surface area (Å²) < 4.78 is 38.7. The van der Waals surface area contributed by atoms with E-state index in [0.29, 0.717) is 0 Å². The molecule has 2 aromatic rings. The van der Waals surface area contributed by atoms with Crippen molar-refractivity contribution in [2.45, 2.75) is 0 Å². The number of aromatic nitrogens is 1. The van der Waals surface area contributed by atoms with E-state index in [1.807, 2.05) is 0 Å². The van der Waals surface area contributed by atoms with Gasteiger partial charge in [0.25, 0.3) is 0 Å². The molecule has 0 spiro atoms. The molecule has 2 rings (SSSR count). The molecule has 4 heteroatoms. The normalized spacial score (nSPS) is 10.3. The maximum atomic E-state index is 13.3. The van der Waals surface area contributed by atoms with Crippen molar-refractivity contribution in [3.05, 3.63) is 54.1 Å². The zero-order chi connectivity index (χ0) is 10.8. The van der Waals surface area contributed by atoms with Crippen LogP contribution in [-0.4, -0.2) is 4.98 Å². The van der Waals surface area contributed by atoms with Crippen LogP contribution in [0.2, 0.25) is 0 Å². The van der Waals surface area contributed by atoms with Crippen LogP contribution in [0.5, 0.6) is 0 Å². The second-order valence-electron chi connectivity index (χ2n) is 3.02. The Kier molecular flexibility index (Phi) is 2.41. The first-order valence-corrected chi connectivity index (χ1v) is 4.23. The molecule has 0 amide bonds. The Hall–Kier alpha value is -1.84. The number of pyridine rings is 1. The second kappa shape index (κ2) is 3.73. The summed E-state index contributed by atoms with van der Waals surface area (Å²) >= 11 is 0. The topological polar surface area (TPSA) is 12.9 Å². The summed E-state index contributed by atoms with van der Waals surface area (Å²) in [6.45, 7) is 0. The number of benzene rings is 1. The van der Waals surface area contributed by atoms with Crippen molar-refractivity contribution in [2.75, 3.05) is 0 Å². The van der Waals surface area contributed by atoms with Crippen LogP contribution >= 0.6 is 0 Å². The molecule has 1 aromatic carbocycles. The summed E-state index contributed by atoms with van der Waals surface area (Å²) in [5.74, 6) is -1.96. The number of halogens is 3. The number of hydrogen-bond donors (Lipinski definition) is 0. The number of hydrogen-bond acceptors (Lipinski definition) is 1. The van der Waals surface area contributed by atoms with Crippen molar-refractivity contribution in [1.82, 2.24) is 4.98 Å². The van der Waals surface area contributed by atoms with Crippen LogP contribution in [-0.2, 0) is 0 Å². The molecule has 0 aliphatic carbocycles. The van der Waals surface area contributed by atoms with E-state index in [9.17, 15) is 13.2 Å². The molecular weight excluding hydrogens is 203 g/mol. The molecule has 0 atom stereocenters. The summed E-state index contributed by atoms with van der Waals surface area (Å²) in [4.78, 5) is 3.59. The zero-order valence-electron chi connectivity index (χ0n) is 7.55. The van der Waals surface area contributed by atoms with Crippen LogP contribution in [0.15, 0.2) is 36.7 Å². The first-order chi connectivity index (χ1) is 7.16. The maximum absolute atomic E-state index is 13.3. The molecule has 1 nitrogen and oxygen atoms in total. The molecule has 15 heavy (non-hydrogen) atoms. The van der Waals surface area contributed by atoms with Crippen LogP contribution in [0.1, 0.15) is 0 Å². The molecule has 0 saturated heterocycles. The minimum Gasteiger partial charge on any atom is -0.261 e. The van der Waals surface area contributed by atoms with Gasteiger partial charge in [-0.3, -0.25) is 4.98 Å². The molecule has 0 aliphatic heterocycles. The van der Waals surface area contributed by atoms with E-state index in [0.717, 1.165) is 24.4 Å². The quantitative estimate of drug-likeness (QED) is 0.702. The predicted octanol–water partition coefficient (Wildman–Crippen LogP) is 3.17. The van der Waals surface area contributed by atoms with E-state index in [2.05, 4.69) is 4.98 Å². The van der Waals surface area contributed by atoms with Crippen molar-refractivity contribution in [1.29, 1.82) is 0 Å². The highest BCUT2D eigenvalue weighted by Gasteiger charge is 2.07. The first kappa shape index (κ1) is 9.71. The number of nitrogens with zero attached hydrogens (tertiary/aromatic N) is 1. The lowest BCUT2D eigenvalue weighted by Gasteiger charge is -2.02. The third-order valence-corrected chi connectivity index (χ3v) is 1.95. The monoisotopic (exact) mass is 209 g/mol. The van der Waals surface area contributed by atoms with Crippen molar-refractivity contribution in [3.63, 3.8) is 0 Å². The largest absolute Gasteiger partial charge is 0.261 e. The lowest BCUT2D eigenvalue weighted by atomic mass is 10.1. The Balaban J connectivity index is 2.54. The fraction of sp³-hybridized carbons (Fsp3) is 0. The van der Waals surface area contributed by atoms with Gasteiger partial charge in [-0.15, -0.1) is 0 Å². The minimum atomic E-state index is -0.734. The van der Waals surface area contributed by atoms with Crippen molar-refractivity contribution < 1.29 is 13.2 Å². The van der Waals surface area contributed by atoms with Crippen LogP contribution in [0.25, 0.3) is 11.1 Å². The summed E-state index contributed by atoms with van der Waals surface area (Å²) in [5.41, 5.74) is 0.413. The molecule has 76 valence electrons. The Bertz CT molecular complexity index is 497. The van der Waals surface area contributed by atoms with Gasteiger partial charge in [-0.25, -0.2) is 13.2 Å². The lowest BCUT2D eigenvalue weighted by molar-refractivity contribution is 0.585. The summed E-state index contributed by atoms with van der Waals surface area (Å²) in [7, 11) is 0. The zero-order valence-corrected chi connectivity index (χ0v) is 7.55. The molecule has 0 radical (unpaired) electrons. The Morgan fingerprint density at radius 2 is 1.67 bits per heavy atom. The molecule has 0 saturated carbocycles. The van der Waals surface area contributed by atoms with E-state index in [-0.39, 0.29) is 11.1 Å². The Morgan fingerprint density at radius 3 is 2.33 bits per heavy atom. The van der Waals surface area contributed by atoms with Gasteiger partial charge in [0.1, 0.15) is 17.5 Å². The SMILES string of the molecule is Fc1cncc(-c2ccc(F)cc2F)c1. The van der Waals surface area contributed by atoms with Crippen molar-refractivity contribution in [3.8, 4) is 11.1 Å². The third-order valence-electron chi connectivity index (χ3n) is 1.95. The maximum Gasteiger partial charge on any atom is 0.142 e. The second-order valence-corrected chi connectivity index (χ2v) is 3.02. The first-order valence-electron chi connectivity index (χ1n) is 4.23. The molecule has 0 unspecified atom stereocenters. The minimum absolute atomic E-state index is 0.128. The average Bonchev–Trinajstić information content (AvgIpc) is 2.17. The molecule has 0 aliphatic rings. The van der Waals surface area contributed by atoms with Crippen LogP contribution in [0.4, 0.5) is 13.2 Å². The van der Waals surface area contributed by atoms with Crippen molar-refractivity contribution >= 4 is 0 Å². The molecule has 1 heterocycles. The molecule has 0 fully saturated rings. The van der Waals surface area contributed by atoms with Gasteiger partial charge in [0.15, 0.2) is 0 Å². The highest BCUT2D eigenvalue weighted by molar-refractivity contribution is 5.62. The van der Waals surface area contributed by atoms with Crippen LogP contribution < -0.4 is 0 Å². The van der Waals surface area contributed by atoms with Crippen LogP contribution in [0, 0.1) is 17.5 Å². The summed E-state index contributed by atoms with van der Waals surface area (Å²) in [5, 5.41) is 0. The molecular formula is C11H6F3N. The highest BCUT2D eigenvalue weighted by Crippen LogP contribution is 2.22. The lowest BCUT2D eigenvalue weighted by Crippen LogP contribution is -1.88. The van der Waals surface area contributed by atoms with E-state index >= 15 is 0 Å². The molecule has 0 bridgehead atoms. The summed E-state index contributed by atoms with van der Waals surface area (Å²) in [6.07, 6.45) is 2.34.